The summed E-state index contributed by atoms with van der Waals surface area (Å²) in [5, 5.41) is 17.3. The average molecular weight is 173 g/mol. The van der Waals surface area contributed by atoms with Crippen LogP contribution in [-0.4, -0.2) is 22.9 Å². The molecule has 1 unspecified atom stereocenters. The molecule has 0 aromatic carbocycles. The van der Waals surface area contributed by atoms with Crippen LogP contribution < -0.4 is 0 Å². The molecule has 0 saturated carbocycles. The summed E-state index contributed by atoms with van der Waals surface area (Å²) in [6, 6.07) is 0. The Bertz CT molecular complexity index is 81.9. The average Bonchev–Trinajstić information content (AvgIpc) is 2.02. The van der Waals surface area contributed by atoms with Crippen molar-refractivity contribution in [3.63, 3.8) is 0 Å². The van der Waals surface area contributed by atoms with E-state index in [9.17, 15) is 0 Å². The van der Waals surface area contributed by atoms with Crippen LogP contribution in [-0.2, 0) is 0 Å². The molecule has 0 aromatic rings. The molecular weight excluding hydrogens is 152 g/mol. The van der Waals surface area contributed by atoms with Crippen LogP contribution in [0.1, 0.15) is 44.9 Å². The maximum Gasteiger partial charge on any atom is 0.0541 e. The lowest BCUT2D eigenvalue weighted by Crippen LogP contribution is -1.98. The molecule has 0 saturated heterocycles. The molecule has 0 aliphatic rings. The van der Waals surface area contributed by atoms with E-state index in [-0.39, 0.29) is 6.10 Å². The summed E-state index contributed by atoms with van der Waals surface area (Å²) in [5.74, 6) is 0. The van der Waals surface area contributed by atoms with Gasteiger partial charge in [0, 0.05) is 6.61 Å². The third-order valence-electron chi connectivity index (χ3n) is 1.95. The van der Waals surface area contributed by atoms with Crippen LogP contribution >= 0.6 is 0 Å². The lowest BCUT2D eigenvalue weighted by Gasteiger charge is -2.02. The van der Waals surface area contributed by atoms with E-state index in [0.717, 1.165) is 25.7 Å². The number of hydrogen-bond donors (Lipinski definition) is 2. The smallest absolute Gasteiger partial charge is 0.0541 e. The van der Waals surface area contributed by atoms with Crippen molar-refractivity contribution in [1.29, 1.82) is 0 Å². The van der Waals surface area contributed by atoms with Crippen LogP contribution in [0, 0.1) is 6.92 Å². The summed E-state index contributed by atoms with van der Waals surface area (Å²) >= 11 is 0. The number of rotatable bonds is 8. The van der Waals surface area contributed by atoms with Gasteiger partial charge in [0.15, 0.2) is 0 Å². The molecule has 1 radical (unpaired) electrons. The second-order valence-electron chi connectivity index (χ2n) is 3.29. The first-order valence-electron chi connectivity index (χ1n) is 4.89. The largest absolute Gasteiger partial charge is 0.396 e. The van der Waals surface area contributed by atoms with E-state index in [0.29, 0.717) is 6.61 Å². The highest BCUT2D eigenvalue weighted by Crippen LogP contribution is 2.07. The van der Waals surface area contributed by atoms with E-state index in [4.69, 9.17) is 10.2 Å². The molecule has 2 N–H and O–H groups in total. The zero-order valence-corrected chi connectivity index (χ0v) is 7.84. The Morgan fingerprint density at radius 1 is 0.917 bits per heavy atom. The fourth-order valence-electron chi connectivity index (χ4n) is 1.20. The standard InChI is InChI=1S/C10H21O2/c1-10(12)8-6-4-2-3-5-7-9-11/h10-12H,1-9H2. The SMILES string of the molecule is [CH2]C(O)CCCCCCCCO. The Kier molecular flexibility index (Phi) is 8.95. The number of aliphatic hydroxyl groups excluding tert-OH is 2. The fraction of sp³-hybridized carbons (Fsp3) is 0.900. The monoisotopic (exact) mass is 173 g/mol. The number of aliphatic hydroxyl groups is 2. The molecule has 0 bridgehead atoms. The lowest BCUT2D eigenvalue weighted by atomic mass is 10.1. The third-order valence-corrected chi connectivity index (χ3v) is 1.95. The first-order valence-corrected chi connectivity index (χ1v) is 4.89. The van der Waals surface area contributed by atoms with Crippen molar-refractivity contribution in [2.24, 2.45) is 0 Å². The molecule has 0 spiro atoms. The van der Waals surface area contributed by atoms with Gasteiger partial charge < -0.3 is 10.2 Å². The van der Waals surface area contributed by atoms with Gasteiger partial charge in [0.25, 0.3) is 0 Å². The third kappa shape index (κ3) is 9.92. The zero-order chi connectivity index (χ0) is 9.23. The molecule has 0 fully saturated rings. The van der Waals surface area contributed by atoms with Crippen molar-refractivity contribution in [2.45, 2.75) is 51.0 Å². The molecule has 0 heterocycles. The summed E-state index contributed by atoms with van der Waals surface area (Å²) < 4.78 is 0. The molecule has 73 valence electrons. The molecule has 0 aliphatic heterocycles. The maximum absolute atomic E-state index is 8.85. The normalized spacial score (nSPS) is 13.2. The van der Waals surface area contributed by atoms with Crippen molar-refractivity contribution in [1.82, 2.24) is 0 Å². The van der Waals surface area contributed by atoms with Crippen molar-refractivity contribution >= 4 is 0 Å². The van der Waals surface area contributed by atoms with E-state index in [2.05, 4.69) is 6.92 Å². The van der Waals surface area contributed by atoms with Crippen molar-refractivity contribution in [3.8, 4) is 0 Å². The molecule has 0 rings (SSSR count). The molecule has 0 amide bonds. The second kappa shape index (κ2) is 9.01. The van der Waals surface area contributed by atoms with Crippen LogP contribution in [0.3, 0.4) is 0 Å². The van der Waals surface area contributed by atoms with Gasteiger partial charge in [-0.3, -0.25) is 0 Å². The van der Waals surface area contributed by atoms with E-state index < -0.39 is 0 Å². The second-order valence-corrected chi connectivity index (χ2v) is 3.29. The van der Waals surface area contributed by atoms with Gasteiger partial charge in [-0.2, -0.15) is 0 Å². The van der Waals surface area contributed by atoms with Crippen LogP contribution in [0.2, 0.25) is 0 Å². The highest BCUT2D eigenvalue weighted by Gasteiger charge is 1.95. The first kappa shape index (κ1) is 11.9. The minimum Gasteiger partial charge on any atom is -0.396 e. The zero-order valence-electron chi connectivity index (χ0n) is 7.84. The molecule has 0 aromatic heterocycles. The quantitative estimate of drug-likeness (QED) is 0.550. The van der Waals surface area contributed by atoms with Crippen molar-refractivity contribution in [2.75, 3.05) is 6.61 Å². The van der Waals surface area contributed by atoms with Gasteiger partial charge in [-0.15, -0.1) is 0 Å². The Morgan fingerprint density at radius 3 is 1.92 bits per heavy atom. The Morgan fingerprint density at radius 2 is 1.42 bits per heavy atom. The predicted molar refractivity (Wildman–Crippen MR) is 50.8 cm³/mol. The summed E-state index contributed by atoms with van der Waals surface area (Å²) in [7, 11) is 0. The van der Waals surface area contributed by atoms with Gasteiger partial charge in [0.05, 0.1) is 6.10 Å². The highest BCUT2D eigenvalue weighted by atomic mass is 16.3. The van der Waals surface area contributed by atoms with Gasteiger partial charge in [-0.05, 0) is 19.8 Å². The van der Waals surface area contributed by atoms with Gasteiger partial charge in [-0.25, -0.2) is 0 Å². The van der Waals surface area contributed by atoms with Crippen LogP contribution in [0.15, 0.2) is 0 Å². The van der Waals surface area contributed by atoms with Crippen LogP contribution in [0.25, 0.3) is 0 Å². The van der Waals surface area contributed by atoms with Gasteiger partial charge in [-0.1, -0.05) is 32.1 Å². The van der Waals surface area contributed by atoms with E-state index in [1.165, 1.54) is 19.3 Å². The molecule has 2 nitrogen and oxygen atoms in total. The molecule has 1 atom stereocenters. The molecule has 0 aliphatic carbocycles. The summed E-state index contributed by atoms with van der Waals surface area (Å²) in [5.41, 5.74) is 0. The first-order chi connectivity index (χ1) is 5.77. The molecular formula is C10H21O2. The molecule has 12 heavy (non-hydrogen) atoms. The van der Waals surface area contributed by atoms with Crippen LogP contribution in [0.5, 0.6) is 0 Å². The van der Waals surface area contributed by atoms with Crippen LogP contribution in [0.4, 0.5) is 0 Å². The van der Waals surface area contributed by atoms with Gasteiger partial charge in [0.2, 0.25) is 0 Å². The number of hydrogen-bond acceptors (Lipinski definition) is 2. The lowest BCUT2D eigenvalue weighted by molar-refractivity contribution is 0.205. The topological polar surface area (TPSA) is 40.5 Å². The summed E-state index contributed by atoms with van der Waals surface area (Å²) in [6.45, 7) is 3.83. The van der Waals surface area contributed by atoms with Crippen molar-refractivity contribution in [3.05, 3.63) is 6.92 Å². The van der Waals surface area contributed by atoms with Gasteiger partial charge in [0.1, 0.15) is 0 Å². The van der Waals surface area contributed by atoms with E-state index in [1.807, 2.05) is 0 Å². The van der Waals surface area contributed by atoms with E-state index >= 15 is 0 Å². The minimum absolute atomic E-state index is 0.317. The highest BCUT2D eigenvalue weighted by molar-refractivity contribution is 4.56. The van der Waals surface area contributed by atoms with E-state index in [1.54, 1.807) is 0 Å². The summed E-state index contributed by atoms with van der Waals surface area (Å²) in [4.78, 5) is 0. The van der Waals surface area contributed by atoms with Gasteiger partial charge >= 0.3 is 0 Å². The van der Waals surface area contributed by atoms with Crippen molar-refractivity contribution < 1.29 is 10.2 Å². The maximum atomic E-state index is 8.85. The minimum atomic E-state index is -0.387. The predicted octanol–water partition coefficient (Wildman–Crippen LogP) is 1.90. The number of unbranched alkanes of at least 4 members (excludes halogenated alkanes) is 5. The molecule has 2 heteroatoms. The fourth-order valence-corrected chi connectivity index (χ4v) is 1.20. The Balaban J connectivity index is 2.82. The Hall–Kier alpha value is -0.0800. The Labute approximate surface area is 75.6 Å². The summed E-state index contributed by atoms with van der Waals surface area (Å²) in [6.07, 6.45) is 7.16.